The Bertz CT molecular complexity index is 713. The molecule has 2 aromatic heterocycles. The first-order valence-corrected chi connectivity index (χ1v) is 8.61. The van der Waals surface area contributed by atoms with E-state index >= 15 is 0 Å². The standard InChI is InChI=1S/C17H22N6O/c1-13-7-8-23(20-13)16-6-5-15(18-19-16)21-9-11-22(12-10-21)17(24)14-3-2-4-14/h5-8,14H,2-4,9-12H2,1H3. The molecule has 2 aromatic rings. The average molecular weight is 326 g/mol. The summed E-state index contributed by atoms with van der Waals surface area (Å²) in [4.78, 5) is 16.5. The van der Waals surface area contributed by atoms with E-state index in [0.717, 1.165) is 50.5 Å². The van der Waals surface area contributed by atoms with Crippen molar-refractivity contribution >= 4 is 11.7 Å². The summed E-state index contributed by atoms with van der Waals surface area (Å²) in [7, 11) is 0. The van der Waals surface area contributed by atoms with Crippen LogP contribution in [-0.2, 0) is 4.79 Å². The predicted octanol–water partition coefficient (Wildman–Crippen LogP) is 1.42. The highest BCUT2D eigenvalue weighted by atomic mass is 16.2. The van der Waals surface area contributed by atoms with Crippen LogP contribution >= 0.6 is 0 Å². The van der Waals surface area contributed by atoms with Crippen molar-refractivity contribution in [2.75, 3.05) is 31.1 Å². The Morgan fingerprint density at radius 3 is 2.29 bits per heavy atom. The first-order chi connectivity index (χ1) is 11.7. The molecule has 0 atom stereocenters. The van der Waals surface area contributed by atoms with Crippen molar-refractivity contribution in [3.63, 3.8) is 0 Å². The molecule has 24 heavy (non-hydrogen) atoms. The minimum absolute atomic E-state index is 0.285. The molecule has 0 N–H and O–H groups in total. The summed E-state index contributed by atoms with van der Waals surface area (Å²) >= 11 is 0. The number of hydrogen-bond acceptors (Lipinski definition) is 5. The zero-order chi connectivity index (χ0) is 16.5. The lowest BCUT2D eigenvalue weighted by Crippen LogP contribution is -2.51. The highest BCUT2D eigenvalue weighted by Crippen LogP contribution is 2.28. The second kappa shape index (κ2) is 6.22. The fourth-order valence-electron chi connectivity index (χ4n) is 3.22. The normalized spacial score (nSPS) is 18.5. The first-order valence-electron chi connectivity index (χ1n) is 8.61. The molecule has 7 nitrogen and oxygen atoms in total. The van der Waals surface area contributed by atoms with Gasteiger partial charge in [-0.2, -0.15) is 5.10 Å². The van der Waals surface area contributed by atoms with Gasteiger partial charge < -0.3 is 9.80 Å². The minimum atomic E-state index is 0.285. The molecule has 0 unspecified atom stereocenters. The molecule has 4 rings (SSSR count). The number of anilines is 1. The summed E-state index contributed by atoms with van der Waals surface area (Å²) in [6, 6.07) is 5.84. The van der Waals surface area contributed by atoms with Gasteiger partial charge in [-0.3, -0.25) is 4.79 Å². The lowest BCUT2D eigenvalue weighted by atomic mass is 9.84. The topological polar surface area (TPSA) is 67.2 Å². The van der Waals surface area contributed by atoms with Gasteiger partial charge in [-0.15, -0.1) is 10.2 Å². The Balaban J connectivity index is 1.38. The predicted molar refractivity (Wildman–Crippen MR) is 90.0 cm³/mol. The third kappa shape index (κ3) is 2.86. The molecule has 2 fully saturated rings. The highest BCUT2D eigenvalue weighted by molar-refractivity contribution is 5.79. The van der Waals surface area contributed by atoms with Gasteiger partial charge in [0.05, 0.1) is 5.69 Å². The van der Waals surface area contributed by atoms with Crippen LogP contribution in [0.4, 0.5) is 5.82 Å². The summed E-state index contributed by atoms with van der Waals surface area (Å²) in [5, 5.41) is 12.9. The van der Waals surface area contributed by atoms with Crippen LogP contribution < -0.4 is 4.90 Å². The molecule has 1 aliphatic carbocycles. The van der Waals surface area contributed by atoms with Crippen LogP contribution in [0.2, 0.25) is 0 Å². The summed E-state index contributed by atoms with van der Waals surface area (Å²) < 4.78 is 1.72. The molecular weight excluding hydrogens is 304 g/mol. The van der Waals surface area contributed by atoms with E-state index < -0.39 is 0 Å². The number of aryl methyl sites for hydroxylation is 1. The van der Waals surface area contributed by atoms with Crippen LogP contribution in [0.25, 0.3) is 5.82 Å². The summed E-state index contributed by atoms with van der Waals surface area (Å²) in [6.07, 6.45) is 5.22. The smallest absolute Gasteiger partial charge is 0.225 e. The van der Waals surface area contributed by atoms with E-state index in [-0.39, 0.29) is 5.92 Å². The van der Waals surface area contributed by atoms with E-state index in [4.69, 9.17) is 0 Å². The second-order valence-electron chi connectivity index (χ2n) is 6.59. The molecule has 1 amide bonds. The van der Waals surface area contributed by atoms with E-state index in [2.05, 4.69) is 20.2 Å². The Morgan fingerprint density at radius 2 is 1.75 bits per heavy atom. The van der Waals surface area contributed by atoms with E-state index in [1.54, 1.807) is 4.68 Å². The van der Waals surface area contributed by atoms with E-state index in [0.29, 0.717) is 11.7 Å². The van der Waals surface area contributed by atoms with E-state index in [1.165, 1.54) is 6.42 Å². The number of nitrogens with zero attached hydrogens (tertiary/aromatic N) is 6. The number of carbonyl (C=O) groups excluding carboxylic acids is 1. The van der Waals surface area contributed by atoms with E-state index in [9.17, 15) is 4.79 Å². The van der Waals surface area contributed by atoms with Gasteiger partial charge in [-0.05, 0) is 38.0 Å². The molecule has 1 saturated carbocycles. The Morgan fingerprint density at radius 1 is 1.04 bits per heavy atom. The van der Waals surface area contributed by atoms with E-state index in [1.807, 2.05) is 36.2 Å². The maximum atomic E-state index is 12.3. The second-order valence-corrected chi connectivity index (χ2v) is 6.59. The quantitative estimate of drug-likeness (QED) is 0.853. The summed E-state index contributed by atoms with van der Waals surface area (Å²) in [5.74, 6) is 2.20. The van der Waals surface area contributed by atoms with Crippen LogP contribution in [0, 0.1) is 12.8 Å². The number of rotatable bonds is 3. The third-order valence-electron chi connectivity index (χ3n) is 4.96. The fraction of sp³-hybridized carbons (Fsp3) is 0.529. The molecular formula is C17H22N6O. The van der Waals surface area contributed by atoms with Gasteiger partial charge in [0.15, 0.2) is 11.6 Å². The molecule has 3 heterocycles. The summed E-state index contributed by atoms with van der Waals surface area (Å²) in [5.41, 5.74) is 0.952. The van der Waals surface area contributed by atoms with Crippen molar-refractivity contribution in [1.29, 1.82) is 0 Å². The van der Waals surface area contributed by atoms with Gasteiger partial charge in [0.2, 0.25) is 5.91 Å². The monoisotopic (exact) mass is 326 g/mol. The van der Waals surface area contributed by atoms with Crippen molar-refractivity contribution in [2.45, 2.75) is 26.2 Å². The van der Waals surface area contributed by atoms with Crippen LogP contribution in [0.5, 0.6) is 0 Å². The van der Waals surface area contributed by atoms with Gasteiger partial charge in [0.1, 0.15) is 0 Å². The lowest BCUT2D eigenvalue weighted by Gasteiger charge is -2.38. The number of piperazine rings is 1. The van der Waals surface area contributed by atoms with Crippen molar-refractivity contribution in [1.82, 2.24) is 24.9 Å². The molecule has 0 spiro atoms. The van der Waals surface area contributed by atoms with Crippen LogP contribution in [-0.4, -0.2) is 57.0 Å². The van der Waals surface area contributed by atoms with Crippen molar-refractivity contribution < 1.29 is 4.79 Å². The first kappa shape index (κ1) is 15.1. The Hall–Kier alpha value is -2.44. The number of hydrogen-bond donors (Lipinski definition) is 0. The molecule has 1 saturated heterocycles. The van der Waals surface area contributed by atoms with Gasteiger partial charge >= 0.3 is 0 Å². The summed E-state index contributed by atoms with van der Waals surface area (Å²) in [6.45, 7) is 5.12. The SMILES string of the molecule is Cc1ccn(-c2ccc(N3CCN(C(=O)C4CCC4)CC3)nn2)n1. The van der Waals surface area contributed by atoms with Crippen LogP contribution in [0.1, 0.15) is 25.0 Å². The maximum Gasteiger partial charge on any atom is 0.225 e. The molecule has 0 bridgehead atoms. The Kier molecular flexibility index (Phi) is 3.92. The Labute approximate surface area is 141 Å². The zero-order valence-corrected chi connectivity index (χ0v) is 13.9. The molecule has 0 radical (unpaired) electrons. The minimum Gasteiger partial charge on any atom is -0.352 e. The van der Waals surface area contributed by atoms with Crippen molar-refractivity contribution in [3.05, 3.63) is 30.1 Å². The molecule has 0 aromatic carbocycles. The number of carbonyl (C=O) groups is 1. The van der Waals surface area contributed by atoms with Crippen LogP contribution in [0.3, 0.4) is 0 Å². The van der Waals surface area contributed by atoms with Crippen molar-refractivity contribution in [3.8, 4) is 5.82 Å². The largest absolute Gasteiger partial charge is 0.352 e. The van der Waals surface area contributed by atoms with Crippen molar-refractivity contribution in [2.24, 2.45) is 5.92 Å². The lowest BCUT2D eigenvalue weighted by molar-refractivity contribution is -0.138. The van der Waals surface area contributed by atoms with Crippen LogP contribution in [0.15, 0.2) is 24.4 Å². The molecule has 7 heteroatoms. The van der Waals surface area contributed by atoms with Gasteiger partial charge in [-0.25, -0.2) is 4.68 Å². The third-order valence-corrected chi connectivity index (χ3v) is 4.96. The zero-order valence-electron chi connectivity index (χ0n) is 13.9. The molecule has 1 aliphatic heterocycles. The average Bonchev–Trinajstić information content (AvgIpc) is 3.00. The van der Waals surface area contributed by atoms with Gasteiger partial charge in [-0.1, -0.05) is 6.42 Å². The molecule has 126 valence electrons. The fourth-order valence-corrected chi connectivity index (χ4v) is 3.22. The number of aromatic nitrogens is 4. The van der Waals surface area contributed by atoms with Gasteiger partial charge in [0.25, 0.3) is 0 Å². The highest BCUT2D eigenvalue weighted by Gasteiger charge is 2.31. The number of amides is 1. The van der Waals surface area contributed by atoms with Gasteiger partial charge in [0, 0.05) is 38.3 Å². The molecule has 2 aliphatic rings. The maximum absolute atomic E-state index is 12.3.